The average Bonchev–Trinajstić information content (AvgIpc) is 2.78. The fraction of sp³-hybridized carbons (Fsp3) is 0.381. The number of nitrogens with one attached hydrogen (secondary N) is 1. The molecule has 1 amide bonds. The van der Waals surface area contributed by atoms with Gasteiger partial charge >= 0.3 is 0 Å². The molecular weight excluding hydrogens is 490 g/mol. The van der Waals surface area contributed by atoms with Crippen molar-refractivity contribution in [1.82, 2.24) is 4.31 Å². The number of halogens is 1. The molecule has 9 nitrogen and oxygen atoms in total. The number of fused-ring (bicyclic) bond motifs is 1. The number of hydrogen-bond acceptors (Lipinski definition) is 6. The van der Waals surface area contributed by atoms with Crippen LogP contribution in [0.5, 0.6) is 5.75 Å². The number of hydrogen-bond donors (Lipinski definition) is 1. The van der Waals surface area contributed by atoms with Gasteiger partial charge in [0.1, 0.15) is 5.75 Å². The molecule has 0 radical (unpaired) electrons. The van der Waals surface area contributed by atoms with Gasteiger partial charge in [-0.25, -0.2) is 16.8 Å². The first kappa shape index (κ1) is 23.8. The number of anilines is 2. The molecule has 0 aromatic heterocycles. The summed E-state index contributed by atoms with van der Waals surface area (Å²) < 4.78 is 58.4. The topological polar surface area (TPSA) is 113 Å². The van der Waals surface area contributed by atoms with Gasteiger partial charge < -0.3 is 10.1 Å². The van der Waals surface area contributed by atoms with E-state index in [0.29, 0.717) is 23.8 Å². The molecule has 2 heterocycles. The minimum Gasteiger partial charge on any atom is -0.476 e. The Morgan fingerprint density at radius 3 is 2.33 bits per heavy atom. The van der Waals surface area contributed by atoms with E-state index in [-0.39, 0.29) is 22.9 Å². The van der Waals surface area contributed by atoms with Crippen molar-refractivity contribution in [1.29, 1.82) is 0 Å². The molecule has 1 fully saturated rings. The largest absolute Gasteiger partial charge is 0.476 e. The summed E-state index contributed by atoms with van der Waals surface area (Å²) in [6.45, 7) is 0.784. The summed E-state index contributed by atoms with van der Waals surface area (Å²) >= 11 is 5.99. The van der Waals surface area contributed by atoms with Crippen molar-refractivity contribution in [3.8, 4) is 5.75 Å². The number of benzene rings is 2. The van der Waals surface area contributed by atoms with Crippen LogP contribution in [0.1, 0.15) is 19.3 Å². The zero-order chi connectivity index (χ0) is 23.8. The molecule has 0 aliphatic carbocycles. The van der Waals surface area contributed by atoms with Crippen LogP contribution in [0.4, 0.5) is 11.4 Å². The lowest BCUT2D eigenvalue weighted by Gasteiger charge is -2.34. The third kappa shape index (κ3) is 5.11. The van der Waals surface area contributed by atoms with E-state index >= 15 is 0 Å². The second-order valence-corrected chi connectivity index (χ2v) is 12.3. The number of sulfonamides is 2. The first-order chi connectivity index (χ1) is 15.6. The molecule has 1 N–H and O–H groups in total. The molecule has 0 unspecified atom stereocenters. The minimum atomic E-state index is -3.68. The quantitative estimate of drug-likeness (QED) is 0.657. The molecule has 0 bridgehead atoms. The van der Waals surface area contributed by atoms with E-state index < -0.39 is 32.1 Å². The maximum absolute atomic E-state index is 12.8. The van der Waals surface area contributed by atoms with Crippen LogP contribution in [0.25, 0.3) is 0 Å². The van der Waals surface area contributed by atoms with Crippen molar-refractivity contribution in [3.63, 3.8) is 0 Å². The second-order valence-electron chi connectivity index (χ2n) is 7.99. The van der Waals surface area contributed by atoms with E-state index in [1.807, 2.05) is 0 Å². The van der Waals surface area contributed by atoms with E-state index in [9.17, 15) is 21.6 Å². The molecule has 2 aromatic rings. The Morgan fingerprint density at radius 2 is 1.70 bits per heavy atom. The van der Waals surface area contributed by atoms with Gasteiger partial charge in [-0.05, 0) is 55.3 Å². The van der Waals surface area contributed by atoms with Crippen LogP contribution in [0, 0.1) is 0 Å². The Balaban J connectivity index is 1.50. The summed E-state index contributed by atoms with van der Waals surface area (Å²) in [6, 6.07) is 10.4. The predicted octanol–water partition coefficient (Wildman–Crippen LogP) is 2.68. The molecule has 1 saturated heterocycles. The minimum absolute atomic E-state index is 0.158. The number of carbonyl (C=O) groups is 1. The van der Waals surface area contributed by atoms with E-state index in [1.54, 1.807) is 6.07 Å². The highest BCUT2D eigenvalue weighted by Gasteiger charge is 2.35. The van der Waals surface area contributed by atoms with Gasteiger partial charge in [0.05, 0.1) is 23.4 Å². The Bertz CT molecular complexity index is 1260. The van der Waals surface area contributed by atoms with Crippen molar-refractivity contribution in [2.45, 2.75) is 30.3 Å². The maximum atomic E-state index is 12.8. The van der Waals surface area contributed by atoms with Crippen molar-refractivity contribution >= 4 is 48.9 Å². The number of amides is 1. The summed E-state index contributed by atoms with van der Waals surface area (Å²) in [5, 5.41) is 3.01. The van der Waals surface area contributed by atoms with Gasteiger partial charge in [-0.3, -0.25) is 9.10 Å². The fourth-order valence-corrected chi connectivity index (χ4v) is 6.45. The number of nitrogens with zero attached hydrogens (tertiary/aromatic N) is 2. The zero-order valence-corrected chi connectivity index (χ0v) is 20.3. The second kappa shape index (κ2) is 9.13. The monoisotopic (exact) mass is 513 g/mol. The van der Waals surface area contributed by atoms with Crippen LogP contribution in [0.2, 0.25) is 5.02 Å². The maximum Gasteiger partial charge on any atom is 0.267 e. The highest BCUT2D eigenvalue weighted by Crippen LogP contribution is 2.37. The normalized spacial score (nSPS) is 19.5. The number of ether oxygens (including phenoxy) is 1. The van der Waals surface area contributed by atoms with Crippen molar-refractivity contribution < 1.29 is 26.4 Å². The molecule has 2 aliphatic heterocycles. The van der Waals surface area contributed by atoms with Crippen molar-refractivity contribution in [2.24, 2.45) is 0 Å². The molecular formula is C21H24ClN3O6S2. The average molecular weight is 514 g/mol. The number of carbonyl (C=O) groups excluding carboxylic acids is 1. The highest BCUT2D eigenvalue weighted by atomic mass is 35.5. The standard InChI is InChI=1S/C21H24ClN3O6S2/c1-32(27,28)25-14-20(31-19-10-5-15(22)13-18(19)25)21(26)23-16-6-8-17(9-7-16)33(29,30)24-11-3-2-4-12-24/h5-10,13,20H,2-4,11-12,14H2,1H3,(H,23,26)/t20-/m0/s1. The lowest BCUT2D eigenvalue weighted by Crippen LogP contribution is -2.48. The Hall–Kier alpha value is -2.34. The predicted molar refractivity (Wildman–Crippen MR) is 126 cm³/mol. The molecule has 0 saturated carbocycles. The molecule has 2 aromatic carbocycles. The lowest BCUT2D eigenvalue weighted by molar-refractivity contribution is -0.122. The number of piperidine rings is 1. The summed E-state index contributed by atoms with van der Waals surface area (Å²) in [4.78, 5) is 13.0. The summed E-state index contributed by atoms with van der Waals surface area (Å²) in [7, 11) is -7.26. The van der Waals surface area contributed by atoms with Crippen LogP contribution in [0.3, 0.4) is 0 Å². The van der Waals surface area contributed by atoms with Crippen molar-refractivity contribution in [3.05, 3.63) is 47.5 Å². The highest BCUT2D eigenvalue weighted by molar-refractivity contribution is 7.92. The first-order valence-electron chi connectivity index (χ1n) is 10.4. The smallest absolute Gasteiger partial charge is 0.267 e. The molecule has 4 rings (SSSR count). The van der Waals surface area contributed by atoms with Gasteiger partial charge in [0.2, 0.25) is 20.0 Å². The molecule has 1 atom stereocenters. The SMILES string of the molecule is CS(=O)(=O)N1C[C@@H](C(=O)Nc2ccc(S(=O)(=O)N3CCCCC3)cc2)Oc2ccc(Cl)cc21. The summed E-state index contributed by atoms with van der Waals surface area (Å²) in [5.41, 5.74) is 0.635. The summed E-state index contributed by atoms with van der Waals surface area (Å²) in [5.74, 6) is -0.338. The zero-order valence-electron chi connectivity index (χ0n) is 17.9. The third-order valence-corrected chi connectivity index (χ3v) is 8.85. The van der Waals surface area contributed by atoms with Crippen molar-refractivity contribution in [2.75, 3.05) is 35.5 Å². The first-order valence-corrected chi connectivity index (χ1v) is 14.1. The van der Waals surface area contributed by atoms with Gasteiger partial charge in [0.25, 0.3) is 5.91 Å². The van der Waals surface area contributed by atoms with Gasteiger partial charge in [0.15, 0.2) is 6.10 Å². The van der Waals surface area contributed by atoms with E-state index in [4.69, 9.17) is 16.3 Å². The number of rotatable bonds is 5. The Labute approximate surface area is 198 Å². The lowest BCUT2D eigenvalue weighted by atomic mass is 10.2. The molecule has 0 spiro atoms. The fourth-order valence-electron chi connectivity index (χ4n) is 3.86. The van der Waals surface area contributed by atoms with Gasteiger partial charge in [-0.1, -0.05) is 18.0 Å². The van der Waals surface area contributed by atoms with Crippen LogP contribution < -0.4 is 14.4 Å². The van der Waals surface area contributed by atoms with E-state index in [2.05, 4.69) is 5.32 Å². The third-order valence-electron chi connectivity index (χ3n) is 5.56. The molecule has 2 aliphatic rings. The molecule has 12 heteroatoms. The van der Waals surface area contributed by atoms with Gasteiger partial charge in [0, 0.05) is 23.8 Å². The molecule has 178 valence electrons. The Morgan fingerprint density at radius 1 is 1.03 bits per heavy atom. The van der Waals surface area contributed by atoms with Crippen LogP contribution >= 0.6 is 11.6 Å². The van der Waals surface area contributed by atoms with Gasteiger partial charge in [-0.2, -0.15) is 4.31 Å². The summed E-state index contributed by atoms with van der Waals surface area (Å²) in [6.07, 6.45) is 2.64. The molecule has 33 heavy (non-hydrogen) atoms. The van der Waals surface area contributed by atoms with E-state index in [1.165, 1.54) is 40.7 Å². The van der Waals surface area contributed by atoms with E-state index in [0.717, 1.165) is 29.8 Å². The van der Waals surface area contributed by atoms with Crippen LogP contribution in [-0.2, 0) is 24.8 Å². The van der Waals surface area contributed by atoms with Crippen LogP contribution in [-0.4, -0.2) is 59.0 Å². The van der Waals surface area contributed by atoms with Gasteiger partial charge in [-0.15, -0.1) is 0 Å². The Kier molecular flexibility index (Phi) is 6.59. The van der Waals surface area contributed by atoms with Crippen LogP contribution in [0.15, 0.2) is 47.4 Å².